The van der Waals surface area contributed by atoms with Crippen LogP contribution >= 0.6 is 11.6 Å². The Labute approximate surface area is 271 Å². The van der Waals surface area contributed by atoms with Gasteiger partial charge in [0.05, 0.1) is 35.8 Å². The van der Waals surface area contributed by atoms with Crippen LogP contribution in [0.5, 0.6) is 0 Å². The summed E-state index contributed by atoms with van der Waals surface area (Å²) in [4.78, 5) is 54.4. The quantitative estimate of drug-likeness (QED) is 0.239. The van der Waals surface area contributed by atoms with Crippen LogP contribution in [0, 0.1) is 5.92 Å². The molecule has 2 aliphatic heterocycles. The normalized spacial score (nSPS) is 17.2. The van der Waals surface area contributed by atoms with E-state index in [2.05, 4.69) is 39.3 Å². The lowest BCUT2D eigenvalue weighted by molar-refractivity contribution is -0.141. The Morgan fingerprint density at radius 3 is 2.43 bits per heavy atom. The van der Waals surface area contributed by atoms with Crippen LogP contribution in [0.25, 0.3) is 21.8 Å². The van der Waals surface area contributed by atoms with Crippen LogP contribution < -0.4 is 5.73 Å². The number of hydrogen-bond donors (Lipinski definition) is 1. The minimum absolute atomic E-state index is 0.0790. The number of rotatable bonds is 8. The predicted octanol–water partition coefficient (Wildman–Crippen LogP) is 4.99. The standard InChI is InChI=1S/C35H34ClN7O3/c1-21(2)14-41-25(13-23-12-24(36)8-10-31(23)41)16-40-17-26(18-43-34(45)27-5-3-4-6-28(27)35(43)46)42(32(44)19-40)15-22-7-9-29-30(11-22)38-20-39-33(29)37/h3-13,20-21,26H,14-19H2,1-2H3,(H2,37,38,39)/t26-/m1/s1. The van der Waals surface area contributed by atoms with Crippen molar-refractivity contribution in [3.8, 4) is 0 Å². The number of nitrogens with two attached hydrogens (primary N) is 1. The van der Waals surface area contributed by atoms with Crippen LogP contribution in [0.4, 0.5) is 5.82 Å². The third-order valence-corrected chi connectivity index (χ3v) is 9.06. The first-order valence-corrected chi connectivity index (χ1v) is 15.8. The van der Waals surface area contributed by atoms with Gasteiger partial charge in [-0.05, 0) is 60.0 Å². The molecular formula is C35H34ClN7O3. The molecule has 10 nitrogen and oxygen atoms in total. The predicted molar refractivity (Wildman–Crippen MR) is 177 cm³/mol. The number of benzene rings is 3. The van der Waals surface area contributed by atoms with E-state index >= 15 is 0 Å². The number of aromatic nitrogens is 3. The summed E-state index contributed by atoms with van der Waals surface area (Å²) in [7, 11) is 0. The Hall–Kier alpha value is -4.80. The number of carbonyl (C=O) groups is 3. The largest absolute Gasteiger partial charge is 0.383 e. The van der Waals surface area contributed by atoms with Crippen molar-refractivity contribution in [3.63, 3.8) is 0 Å². The van der Waals surface area contributed by atoms with Crippen molar-refractivity contribution in [1.82, 2.24) is 29.2 Å². The van der Waals surface area contributed by atoms with Crippen molar-refractivity contribution in [2.45, 2.75) is 39.5 Å². The van der Waals surface area contributed by atoms with Gasteiger partial charge in [0.15, 0.2) is 0 Å². The Balaban J connectivity index is 1.20. The molecule has 2 N–H and O–H groups in total. The molecule has 0 saturated carbocycles. The van der Waals surface area contributed by atoms with Crippen LogP contribution in [-0.2, 0) is 24.4 Å². The maximum atomic E-state index is 14.0. The topological polar surface area (TPSA) is 118 Å². The van der Waals surface area contributed by atoms with E-state index in [1.54, 1.807) is 29.2 Å². The molecule has 7 rings (SSSR count). The summed E-state index contributed by atoms with van der Waals surface area (Å²) >= 11 is 6.33. The molecule has 1 atom stereocenters. The first-order valence-electron chi connectivity index (χ1n) is 15.4. The number of hydrogen-bond acceptors (Lipinski definition) is 7. The summed E-state index contributed by atoms with van der Waals surface area (Å²) in [6.07, 6.45) is 1.42. The molecule has 0 unspecified atom stereocenters. The molecular weight excluding hydrogens is 602 g/mol. The minimum Gasteiger partial charge on any atom is -0.383 e. The van der Waals surface area contributed by atoms with E-state index in [-0.39, 0.29) is 30.8 Å². The average molecular weight is 636 g/mol. The fraction of sp³-hybridized carbons (Fsp3) is 0.286. The number of halogens is 1. The van der Waals surface area contributed by atoms with Gasteiger partial charge in [-0.2, -0.15) is 0 Å². The van der Waals surface area contributed by atoms with Gasteiger partial charge >= 0.3 is 0 Å². The van der Waals surface area contributed by atoms with Crippen LogP contribution in [0.1, 0.15) is 45.8 Å². The van der Waals surface area contributed by atoms with Gasteiger partial charge in [-0.1, -0.05) is 43.6 Å². The molecule has 46 heavy (non-hydrogen) atoms. The van der Waals surface area contributed by atoms with E-state index < -0.39 is 6.04 Å². The molecule has 234 valence electrons. The summed E-state index contributed by atoms with van der Waals surface area (Å²) < 4.78 is 2.30. The van der Waals surface area contributed by atoms with E-state index in [0.717, 1.165) is 34.1 Å². The van der Waals surface area contributed by atoms with Gasteiger partial charge in [0.25, 0.3) is 11.8 Å². The minimum atomic E-state index is -0.438. The van der Waals surface area contributed by atoms with E-state index in [0.29, 0.717) is 53.0 Å². The lowest BCUT2D eigenvalue weighted by atomic mass is 10.1. The van der Waals surface area contributed by atoms with Crippen molar-refractivity contribution in [2.75, 3.05) is 25.4 Å². The lowest BCUT2D eigenvalue weighted by Gasteiger charge is -2.42. The molecule has 3 aromatic carbocycles. The summed E-state index contributed by atoms with van der Waals surface area (Å²) in [5.41, 5.74) is 10.6. The van der Waals surface area contributed by atoms with Crippen LogP contribution in [0.15, 0.2) is 73.1 Å². The van der Waals surface area contributed by atoms with Gasteiger partial charge in [0.2, 0.25) is 5.91 Å². The fourth-order valence-electron chi connectivity index (χ4n) is 6.71. The summed E-state index contributed by atoms with van der Waals surface area (Å²) in [6, 6.07) is 20.1. The van der Waals surface area contributed by atoms with E-state index in [1.807, 2.05) is 36.4 Å². The molecule has 0 radical (unpaired) electrons. The van der Waals surface area contributed by atoms with Crippen molar-refractivity contribution >= 4 is 56.9 Å². The first kappa shape index (κ1) is 29.9. The molecule has 2 aliphatic rings. The van der Waals surface area contributed by atoms with Crippen LogP contribution in [0.2, 0.25) is 5.02 Å². The second kappa shape index (κ2) is 11.9. The zero-order chi connectivity index (χ0) is 32.1. The smallest absolute Gasteiger partial charge is 0.261 e. The maximum absolute atomic E-state index is 14.0. The number of amides is 3. The summed E-state index contributed by atoms with van der Waals surface area (Å²) in [6.45, 7) is 6.77. The maximum Gasteiger partial charge on any atom is 0.261 e. The van der Waals surface area contributed by atoms with E-state index in [9.17, 15) is 14.4 Å². The summed E-state index contributed by atoms with van der Waals surface area (Å²) in [5, 5.41) is 2.47. The molecule has 2 aromatic heterocycles. The van der Waals surface area contributed by atoms with Crippen molar-refractivity contribution in [3.05, 3.63) is 100 Å². The van der Waals surface area contributed by atoms with E-state index in [4.69, 9.17) is 17.3 Å². The zero-order valence-corrected chi connectivity index (χ0v) is 26.4. The number of carbonyl (C=O) groups excluding carboxylic acids is 3. The van der Waals surface area contributed by atoms with Gasteiger partial charge < -0.3 is 15.2 Å². The van der Waals surface area contributed by atoms with Crippen LogP contribution in [0.3, 0.4) is 0 Å². The highest BCUT2D eigenvalue weighted by molar-refractivity contribution is 6.31. The average Bonchev–Trinajstić information content (AvgIpc) is 3.47. The molecule has 0 bridgehead atoms. The van der Waals surface area contributed by atoms with Crippen molar-refractivity contribution in [2.24, 2.45) is 5.92 Å². The highest BCUT2D eigenvalue weighted by Crippen LogP contribution is 2.29. The molecule has 1 fully saturated rings. The number of nitrogens with zero attached hydrogens (tertiary/aromatic N) is 6. The van der Waals surface area contributed by atoms with Crippen molar-refractivity contribution < 1.29 is 14.4 Å². The Morgan fingerprint density at radius 1 is 0.935 bits per heavy atom. The highest BCUT2D eigenvalue weighted by atomic mass is 35.5. The second-order valence-corrected chi connectivity index (χ2v) is 13.0. The molecule has 0 spiro atoms. The number of anilines is 1. The van der Waals surface area contributed by atoms with Crippen molar-refractivity contribution in [1.29, 1.82) is 0 Å². The monoisotopic (exact) mass is 635 g/mol. The second-order valence-electron chi connectivity index (χ2n) is 12.6. The van der Waals surface area contributed by atoms with E-state index in [1.165, 1.54) is 11.2 Å². The SMILES string of the molecule is CC(C)Cn1c(CN2CC(=O)N(Cc3ccc4c(N)ncnc4c3)[C@@H](CN3C(=O)c4ccccc4C3=O)C2)cc2cc(Cl)ccc21. The molecule has 0 aliphatic carbocycles. The molecule has 11 heteroatoms. The third-order valence-electron chi connectivity index (χ3n) is 8.83. The number of fused-ring (bicyclic) bond motifs is 3. The van der Waals surface area contributed by atoms with Gasteiger partial charge in [0.1, 0.15) is 12.1 Å². The lowest BCUT2D eigenvalue weighted by Crippen LogP contribution is -2.59. The first-order chi connectivity index (χ1) is 22.2. The Kier molecular flexibility index (Phi) is 7.70. The van der Waals surface area contributed by atoms with Gasteiger partial charge in [-0.15, -0.1) is 0 Å². The third kappa shape index (κ3) is 5.48. The molecule has 3 amide bonds. The Bertz CT molecular complexity index is 1990. The molecule has 5 aromatic rings. The fourth-order valence-corrected chi connectivity index (χ4v) is 6.90. The van der Waals surface area contributed by atoms with Gasteiger partial charge in [-0.25, -0.2) is 9.97 Å². The Morgan fingerprint density at radius 2 is 1.70 bits per heavy atom. The molecule has 1 saturated heterocycles. The van der Waals surface area contributed by atoms with Gasteiger partial charge in [0, 0.05) is 53.2 Å². The highest BCUT2D eigenvalue weighted by Gasteiger charge is 2.41. The zero-order valence-electron chi connectivity index (χ0n) is 25.7. The number of piperazine rings is 1. The summed E-state index contributed by atoms with van der Waals surface area (Å²) in [5.74, 6) is 0.0492. The van der Waals surface area contributed by atoms with Gasteiger partial charge in [-0.3, -0.25) is 24.2 Å². The number of nitrogen functional groups attached to an aromatic ring is 1. The van der Waals surface area contributed by atoms with Crippen LogP contribution in [-0.4, -0.2) is 72.6 Å². The molecule has 4 heterocycles. The number of imide groups is 1.